The molecule has 0 radical (unpaired) electrons. The first kappa shape index (κ1) is 32.8. The van der Waals surface area contributed by atoms with E-state index in [-0.39, 0.29) is 0 Å². The van der Waals surface area contributed by atoms with E-state index in [2.05, 4.69) is 216 Å². The van der Waals surface area contributed by atoms with E-state index in [0.717, 1.165) is 61.3 Å². The Hall–Kier alpha value is -7.40. The quantitative estimate of drug-likeness (QED) is 0.168. The highest BCUT2D eigenvalue weighted by atomic mass is 32.1. The van der Waals surface area contributed by atoms with E-state index in [1.165, 1.54) is 47.6 Å². The Bertz CT molecular complexity index is 3500. The second-order valence-corrected chi connectivity index (χ2v) is 15.9. The molecule has 4 heteroatoms. The predicted molar refractivity (Wildman–Crippen MR) is 247 cm³/mol. The summed E-state index contributed by atoms with van der Waals surface area (Å²) in [6, 6.07) is 74.3. The van der Waals surface area contributed by atoms with Gasteiger partial charge < -0.3 is 13.9 Å². The Balaban J connectivity index is 1.17. The third-order valence-electron chi connectivity index (χ3n) is 11.6. The molecular weight excluding hydrogens is 725 g/mol. The molecule has 9 aromatic carbocycles. The van der Waals surface area contributed by atoms with Crippen LogP contribution in [-0.2, 0) is 0 Å². The van der Waals surface area contributed by atoms with Gasteiger partial charge in [-0.3, -0.25) is 0 Å². The standard InChI is InChI=1S/C54H34N2OS/c1-4-15-35(16-5-1)37-27-29-41-42-30-28-39(34-51(42)58-50(41)33-37)56(47-25-14-24-46-52(47)43-21-10-12-23-45(43)55(46)38-19-8-3-9-20-38)48-32-31-40(36-17-6-2-7-18-36)54-53(48)44-22-11-13-26-49(44)57-54/h1-34H. The summed E-state index contributed by atoms with van der Waals surface area (Å²) in [6.07, 6.45) is 0. The maximum absolute atomic E-state index is 6.85. The first-order valence-corrected chi connectivity index (χ1v) is 20.5. The molecule has 12 aromatic rings. The van der Waals surface area contributed by atoms with Crippen molar-refractivity contribution in [1.82, 2.24) is 4.57 Å². The summed E-state index contributed by atoms with van der Waals surface area (Å²) in [7, 11) is 0. The summed E-state index contributed by atoms with van der Waals surface area (Å²) in [4.78, 5) is 2.47. The molecule has 0 spiro atoms. The van der Waals surface area contributed by atoms with Gasteiger partial charge in [0.15, 0.2) is 0 Å². The largest absolute Gasteiger partial charge is 0.455 e. The van der Waals surface area contributed by atoms with Crippen molar-refractivity contribution in [1.29, 1.82) is 0 Å². The fourth-order valence-electron chi connectivity index (χ4n) is 9.01. The van der Waals surface area contributed by atoms with Gasteiger partial charge in [-0.25, -0.2) is 0 Å². The van der Waals surface area contributed by atoms with Crippen LogP contribution in [0, 0.1) is 0 Å². The lowest BCUT2D eigenvalue weighted by molar-refractivity contribution is 0.670. The Morgan fingerprint density at radius 2 is 1.05 bits per heavy atom. The van der Waals surface area contributed by atoms with Gasteiger partial charge in [0.25, 0.3) is 0 Å². The van der Waals surface area contributed by atoms with E-state index in [1.807, 2.05) is 11.3 Å². The number of furan rings is 1. The number of benzene rings is 9. The van der Waals surface area contributed by atoms with Crippen molar-refractivity contribution in [3.8, 4) is 27.9 Å². The topological polar surface area (TPSA) is 21.3 Å². The highest BCUT2D eigenvalue weighted by molar-refractivity contribution is 7.25. The van der Waals surface area contributed by atoms with Crippen LogP contribution in [0.1, 0.15) is 0 Å². The molecule has 0 saturated heterocycles. The minimum absolute atomic E-state index is 0.871. The van der Waals surface area contributed by atoms with Gasteiger partial charge in [0.2, 0.25) is 0 Å². The van der Waals surface area contributed by atoms with Crippen LogP contribution in [-0.4, -0.2) is 4.57 Å². The number of hydrogen-bond donors (Lipinski definition) is 0. The van der Waals surface area contributed by atoms with E-state index < -0.39 is 0 Å². The lowest BCUT2D eigenvalue weighted by atomic mass is 9.99. The van der Waals surface area contributed by atoms with Gasteiger partial charge in [-0.1, -0.05) is 140 Å². The molecule has 0 aliphatic heterocycles. The van der Waals surface area contributed by atoms with Crippen molar-refractivity contribution in [2.75, 3.05) is 4.90 Å². The van der Waals surface area contributed by atoms with Gasteiger partial charge in [-0.05, 0) is 83.4 Å². The van der Waals surface area contributed by atoms with Gasteiger partial charge >= 0.3 is 0 Å². The molecule has 12 rings (SSSR count). The number of fused-ring (bicyclic) bond motifs is 9. The number of hydrogen-bond acceptors (Lipinski definition) is 3. The molecule has 0 amide bonds. The lowest BCUT2D eigenvalue weighted by Crippen LogP contribution is -2.11. The molecule has 0 unspecified atom stereocenters. The highest BCUT2D eigenvalue weighted by Gasteiger charge is 2.26. The minimum Gasteiger partial charge on any atom is -0.455 e. The second-order valence-electron chi connectivity index (χ2n) is 14.9. The van der Waals surface area contributed by atoms with E-state index in [4.69, 9.17) is 4.42 Å². The van der Waals surface area contributed by atoms with Crippen molar-refractivity contribution < 1.29 is 4.42 Å². The average Bonchev–Trinajstić information content (AvgIpc) is 3.97. The zero-order chi connectivity index (χ0) is 38.2. The Morgan fingerprint density at radius 3 is 1.86 bits per heavy atom. The summed E-state index contributed by atoms with van der Waals surface area (Å²) in [5.41, 5.74) is 13.1. The molecule has 3 nitrogen and oxygen atoms in total. The zero-order valence-corrected chi connectivity index (χ0v) is 32.2. The van der Waals surface area contributed by atoms with E-state index in [0.29, 0.717) is 0 Å². The molecule has 0 fully saturated rings. The number of rotatable bonds is 6. The van der Waals surface area contributed by atoms with Crippen LogP contribution in [0.2, 0.25) is 0 Å². The molecule has 58 heavy (non-hydrogen) atoms. The summed E-state index contributed by atoms with van der Waals surface area (Å²) in [6.45, 7) is 0. The normalized spacial score (nSPS) is 11.8. The third-order valence-corrected chi connectivity index (χ3v) is 12.7. The fourth-order valence-corrected chi connectivity index (χ4v) is 10.2. The summed E-state index contributed by atoms with van der Waals surface area (Å²) >= 11 is 1.86. The minimum atomic E-state index is 0.871. The first-order valence-electron chi connectivity index (χ1n) is 19.7. The number of para-hydroxylation sites is 3. The zero-order valence-electron chi connectivity index (χ0n) is 31.3. The van der Waals surface area contributed by atoms with Crippen LogP contribution in [0.25, 0.3) is 91.9 Å². The van der Waals surface area contributed by atoms with E-state index >= 15 is 0 Å². The molecule has 0 atom stereocenters. The van der Waals surface area contributed by atoms with Crippen molar-refractivity contribution in [2.24, 2.45) is 0 Å². The van der Waals surface area contributed by atoms with Gasteiger partial charge in [0, 0.05) is 53.3 Å². The van der Waals surface area contributed by atoms with Gasteiger partial charge in [0.05, 0.1) is 27.8 Å². The summed E-state index contributed by atoms with van der Waals surface area (Å²) in [5.74, 6) is 0. The molecule has 272 valence electrons. The van der Waals surface area contributed by atoms with Crippen LogP contribution >= 0.6 is 11.3 Å². The van der Waals surface area contributed by atoms with Gasteiger partial charge in [-0.15, -0.1) is 11.3 Å². The molecule has 0 aliphatic rings. The summed E-state index contributed by atoms with van der Waals surface area (Å²) in [5, 5.41) is 7.11. The first-order chi connectivity index (χ1) is 28.8. The van der Waals surface area contributed by atoms with E-state index in [1.54, 1.807) is 0 Å². The second kappa shape index (κ2) is 13.1. The number of aromatic nitrogens is 1. The van der Waals surface area contributed by atoms with Crippen LogP contribution in [0.15, 0.2) is 211 Å². The van der Waals surface area contributed by atoms with Crippen molar-refractivity contribution in [2.45, 2.75) is 0 Å². The van der Waals surface area contributed by atoms with Crippen LogP contribution in [0.4, 0.5) is 17.1 Å². The van der Waals surface area contributed by atoms with Gasteiger partial charge in [0.1, 0.15) is 11.2 Å². The Morgan fingerprint density at radius 1 is 0.414 bits per heavy atom. The number of thiophene rings is 1. The predicted octanol–water partition coefficient (Wildman–Crippen LogP) is 15.9. The number of anilines is 3. The molecular formula is C54H34N2OS. The van der Waals surface area contributed by atoms with Crippen molar-refractivity contribution >= 4 is 92.3 Å². The third kappa shape index (κ3) is 5.05. The maximum Gasteiger partial charge on any atom is 0.145 e. The molecule has 3 heterocycles. The Labute approximate surface area is 338 Å². The van der Waals surface area contributed by atoms with E-state index in [9.17, 15) is 0 Å². The lowest BCUT2D eigenvalue weighted by Gasteiger charge is -2.28. The molecule has 3 aromatic heterocycles. The molecule has 0 N–H and O–H groups in total. The van der Waals surface area contributed by atoms with Gasteiger partial charge in [-0.2, -0.15) is 0 Å². The molecule has 0 saturated carbocycles. The fraction of sp³-hybridized carbons (Fsp3) is 0. The van der Waals surface area contributed by atoms with Crippen molar-refractivity contribution in [3.63, 3.8) is 0 Å². The highest BCUT2D eigenvalue weighted by Crippen LogP contribution is 2.50. The SMILES string of the molecule is c1ccc(-c2ccc3c(c2)sc2cc(N(c4ccc(-c5ccccc5)c5oc6ccccc6c45)c4cccc5c4c4ccccc4n5-c4ccccc4)ccc23)cc1. The van der Waals surface area contributed by atoms with Crippen molar-refractivity contribution in [3.05, 3.63) is 206 Å². The molecule has 0 aliphatic carbocycles. The molecule has 0 bridgehead atoms. The maximum atomic E-state index is 6.85. The monoisotopic (exact) mass is 758 g/mol. The Kier molecular flexibility index (Phi) is 7.40. The van der Waals surface area contributed by atoms with Crippen LogP contribution in [0.3, 0.4) is 0 Å². The average molecular weight is 759 g/mol. The summed E-state index contributed by atoms with van der Waals surface area (Å²) < 4.78 is 11.8. The smallest absolute Gasteiger partial charge is 0.145 e. The number of nitrogens with zero attached hydrogens (tertiary/aromatic N) is 2. The van der Waals surface area contributed by atoms with Crippen LogP contribution < -0.4 is 4.90 Å². The van der Waals surface area contributed by atoms with Crippen LogP contribution in [0.5, 0.6) is 0 Å².